The molecule has 0 saturated carbocycles. The molecule has 2 heterocycles. The largest absolute Gasteiger partial charge is 0.330 e. The first kappa shape index (κ1) is 13.3. The Kier molecular flexibility index (Phi) is 3.58. The zero-order chi connectivity index (χ0) is 14.1. The second-order valence-corrected chi connectivity index (χ2v) is 5.62. The van der Waals surface area contributed by atoms with E-state index in [0.717, 1.165) is 45.5 Å². The molecule has 4 N–H and O–H groups in total. The van der Waals surface area contributed by atoms with E-state index in [2.05, 4.69) is 37.5 Å². The summed E-state index contributed by atoms with van der Waals surface area (Å²) in [4.78, 5) is 11.4. The summed E-state index contributed by atoms with van der Waals surface area (Å²) in [5.41, 5.74) is 10.5. The number of aryl methyl sites for hydroxylation is 1. The molecule has 104 valence electrons. The number of aromatic nitrogens is 2. The van der Waals surface area contributed by atoms with E-state index < -0.39 is 0 Å². The Balaban J connectivity index is 1.97. The SMILES string of the molecule is NCCc1[nH]nc(-c2ccc3c(c2)CCC(=O)N3)c1Br. The smallest absolute Gasteiger partial charge is 0.224 e. The van der Waals surface area contributed by atoms with E-state index in [0.29, 0.717) is 13.0 Å². The monoisotopic (exact) mass is 334 g/mol. The lowest BCUT2D eigenvalue weighted by atomic mass is 9.99. The number of hydrogen-bond donors (Lipinski definition) is 3. The molecule has 6 heteroatoms. The van der Waals surface area contributed by atoms with Gasteiger partial charge in [-0.15, -0.1) is 0 Å². The van der Waals surface area contributed by atoms with Crippen LogP contribution in [0, 0.1) is 0 Å². The Bertz CT molecular complexity index is 665. The number of halogens is 1. The maximum Gasteiger partial charge on any atom is 0.224 e. The highest BCUT2D eigenvalue weighted by atomic mass is 79.9. The zero-order valence-electron chi connectivity index (χ0n) is 10.9. The van der Waals surface area contributed by atoms with Crippen molar-refractivity contribution >= 4 is 27.5 Å². The van der Waals surface area contributed by atoms with Crippen molar-refractivity contribution in [2.75, 3.05) is 11.9 Å². The number of carbonyl (C=O) groups is 1. The van der Waals surface area contributed by atoms with Gasteiger partial charge in [0.25, 0.3) is 0 Å². The summed E-state index contributed by atoms with van der Waals surface area (Å²) in [7, 11) is 0. The lowest BCUT2D eigenvalue weighted by Crippen LogP contribution is -2.18. The summed E-state index contributed by atoms with van der Waals surface area (Å²) < 4.78 is 0.961. The van der Waals surface area contributed by atoms with Gasteiger partial charge in [0, 0.05) is 24.1 Å². The first-order valence-corrected chi connectivity index (χ1v) is 7.34. The van der Waals surface area contributed by atoms with Crippen LogP contribution in [0.1, 0.15) is 17.7 Å². The summed E-state index contributed by atoms with van der Waals surface area (Å²) >= 11 is 3.58. The van der Waals surface area contributed by atoms with Crippen LogP contribution < -0.4 is 11.1 Å². The lowest BCUT2D eigenvalue weighted by molar-refractivity contribution is -0.116. The molecule has 0 spiro atoms. The molecule has 0 unspecified atom stereocenters. The van der Waals surface area contributed by atoms with Gasteiger partial charge in [-0.05, 0) is 46.6 Å². The molecular formula is C14H15BrN4O. The Hall–Kier alpha value is -1.66. The summed E-state index contributed by atoms with van der Waals surface area (Å²) in [6.07, 6.45) is 2.07. The molecule has 0 bridgehead atoms. The van der Waals surface area contributed by atoms with Gasteiger partial charge in [-0.2, -0.15) is 5.10 Å². The summed E-state index contributed by atoms with van der Waals surface area (Å²) in [6.45, 7) is 0.580. The predicted molar refractivity (Wildman–Crippen MR) is 81.4 cm³/mol. The molecule has 0 fully saturated rings. The third kappa shape index (κ3) is 2.36. The van der Waals surface area contributed by atoms with Gasteiger partial charge >= 0.3 is 0 Å². The van der Waals surface area contributed by atoms with Crippen molar-refractivity contribution in [3.63, 3.8) is 0 Å². The van der Waals surface area contributed by atoms with E-state index >= 15 is 0 Å². The van der Waals surface area contributed by atoms with Crippen molar-refractivity contribution in [2.45, 2.75) is 19.3 Å². The van der Waals surface area contributed by atoms with Crippen LogP contribution in [0.4, 0.5) is 5.69 Å². The minimum atomic E-state index is 0.0800. The zero-order valence-corrected chi connectivity index (χ0v) is 12.5. The highest BCUT2D eigenvalue weighted by Crippen LogP contribution is 2.32. The summed E-state index contributed by atoms with van der Waals surface area (Å²) in [5, 5.41) is 10.3. The topological polar surface area (TPSA) is 83.8 Å². The van der Waals surface area contributed by atoms with E-state index in [4.69, 9.17) is 5.73 Å². The number of rotatable bonds is 3. The van der Waals surface area contributed by atoms with Crippen LogP contribution >= 0.6 is 15.9 Å². The highest BCUT2D eigenvalue weighted by molar-refractivity contribution is 9.10. The Morgan fingerprint density at radius 3 is 3.00 bits per heavy atom. The lowest BCUT2D eigenvalue weighted by Gasteiger charge is -2.17. The number of aromatic amines is 1. The fourth-order valence-electron chi connectivity index (χ4n) is 2.40. The van der Waals surface area contributed by atoms with E-state index in [1.54, 1.807) is 0 Å². The molecule has 1 aliphatic heterocycles. The van der Waals surface area contributed by atoms with Gasteiger partial charge in [0.1, 0.15) is 5.69 Å². The molecule has 0 aliphatic carbocycles. The minimum absolute atomic E-state index is 0.0800. The maximum atomic E-state index is 11.4. The summed E-state index contributed by atoms with van der Waals surface area (Å²) in [6, 6.07) is 5.99. The number of amides is 1. The molecule has 0 saturated heterocycles. The fourth-order valence-corrected chi connectivity index (χ4v) is 3.00. The Labute approximate surface area is 125 Å². The number of nitrogens with two attached hydrogens (primary N) is 1. The van der Waals surface area contributed by atoms with Crippen molar-refractivity contribution < 1.29 is 4.79 Å². The van der Waals surface area contributed by atoms with E-state index in [9.17, 15) is 4.79 Å². The van der Waals surface area contributed by atoms with Gasteiger partial charge in [-0.25, -0.2) is 0 Å². The molecule has 1 aromatic heterocycles. The highest BCUT2D eigenvalue weighted by Gasteiger charge is 2.17. The number of nitrogens with one attached hydrogen (secondary N) is 2. The average Bonchev–Trinajstić information content (AvgIpc) is 2.80. The van der Waals surface area contributed by atoms with Crippen LogP contribution in [-0.4, -0.2) is 22.6 Å². The average molecular weight is 335 g/mol. The van der Waals surface area contributed by atoms with E-state index in [-0.39, 0.29) is 5.91 Å². The molecule has 2 aromatic rings. The normalized spacial score (nSPS) is 14.0. The molecule has 3 rings (SSSR count). The van der Waals surface area contributed by atoms with Crippen molar-refractivity contribution in [1.82, 2.24) is 10.2 Å². The van der Waals surface area contributed by atoms with Crippen LogP contribution in [0.15, 0.2) is 22.7 Å². The molecule has 20 heavy (non-hydrogen) atoms. The van der Waals surface area contributed by atoms with Crippen molar-refractivity contribution in [2.24, 2.45) is 5.73 Å². The van der Waals surface area contributed by atoms with Crippen molar-refractivity contribution in [3.05, 3.63) is 33.9 Å². The predicted octanol–water partition coefficient (Wildman–Crippen LogP) is 2.23. The number of hydrogen-bond acceptors (Lipinski definition) is 3. The van der Waals surface area contributed by atoms with Crippen LogP contribution in [-0.2, 0) is 17.6 Å². The molecule has 0 atom stereocenters. The number of carbonyl (C=O) groups excluding carboxylic acids is 1. The van der Waals surface area contributed by atoms with E-state index in [1.807, 2.05) is 12.1 Å². The first-order valence-electron chi connectivity index (χ1n) is 6.55. The number of nitrogens with zero attached hydrogens (tertiary/aromatic N) is 1. The van der Waals surface area contributed by atoms with Crippen LogP contribution in [0.25, 0.3) is 11.3 Å². The maximum absolute atomic E-state index is 11.4. The van der Waals surface area contributed by atoms with Gasteiger partial charge in [0.15, 0.2) is 0 Å². The number of anilines is 1. The summed E-state index contributed by atoms with van der Waals surface area (Å²) in [5.74, 6) is 0.0800. The minimum Gasteiger partial charge on any atom is -0.330 e. The van der Waals surface area contributed by atoms with Gasteiger partial charge in [-0.3, -0.25) is 9.89 Å². The van der Waals surface area contributed by atoms with E-state index in [1.165, 1.54) is 0 Å². The number of H-pyrrole nitrogens is 1. The van der Waals surface area contributed by atoms with Gasteiger partial charge in [0.2, 0.25) is 5.91 Å². The molecule has 1 aliphatic rings. The van der Waals surface area contributed by atoms with Crippen molar-refractivity contribution in [3.8, 4) is 11.3 Å². The van der Waals surface area contributed by atoms with Gasteiger partial charge in [-0.1, -0.05) is 6.07 Å². The molecule has 1 aromatic carbocycles. The fraction of sp³-hybridized carbons (Fsp3) is 0.286. The van der Waals surface area contributed by atoms with Gasteiger partial charge < -0.3 is 11.1 Å². The molecule has 1 amide bonds. The van der Waals surface area contributed by atoms with Crippen LogP contribution in [0.5, 0.6) is 0 Å². The third-order valence-corrected chi connectivity index (χ3v) is 4.30. The Morgan fingerprint density at radius 2 is 2.20 bits per heavy atom. The number of benzene rings is 1. The van der Waals surface area contributed by atoms with Crippen molar-refractivity contribution in [1.29, 1.82) is 0 Å². The quantitative estimate of drug-likeness (QED) is 0.804. The van der Waals surface area contributed by atoms with Crippen LogP contribution in [0.3, 0.4) is 0 Å². The number of fused-ring (bicyclic) bond motifs is 1. The molecule has 5 nitrogen and oxygen atoms in total. The first-order chi connectivity index (χ1) is 9.69. The second kappa shape index (κ2) is 5.38. The van der Waals surface area contributed by atoms with Gasteiger partial charge in [0.05, 0.1) is 10.2 Å². The van der Waals surface area contributed by atoms with Crippen LogP contribution in [0.2, 0.25) is 0 Å². The standard InChI is InChI=1S/C14H15BrN4O/c15-13-11(5-6-16)18-19-14(13)9-1-3-10-8(7-9)2-4-12(20)17-10/h1,3,7H,2,4-6,16H2,(H,17,20)(H,18,19). The second-order valence-electron chi connectivity index (χ2n) is 4.82. The molecular weight excluding hydrogens is 320 g/mol. The third-order valence-electron chi connectivity index (χ3n) is 3.44. The Morgan fingerprint density at radius 1 is 1.35 bits per heavy atom. The molecule has 0 radical (unpaired) electrons.